The van der Waals surface area contributed by atoms with Gasteiger partial charge in [0.15, 0.2) is 0 Å². The lowest BCUT2D eigenvalue weighted by molar-refractivity contribution is 0.126. The van der Waals surface area contributed by atoms with E-state index >= 15 is 0 Å². The molecule has 2 fully saturated rings. The summed E-state index contributed by atoms with van der Waals surface area (Å²) in [5.74, 6) is 1.62. The molecule has 38 heavy (non-hydrogen) atoms. The second kappa shape index (κ2) is 23.4. The highest BCUT2D eigenvalue weighted by Gasteiger charge is 2.15. The molecule has 232 valence electrons. The van der Waals surface area contributed by atoms with E-state index in [-0.39, 0.29) is 0 Å². The summed E-state index contributed by atoms with van der Waals surface area (Å²) >= 11 is 0. The van der Waals surface area contributed by atoms with Crippen molar-refractivity contribution in [2.45, 2.75) is 67.5 Å². The zero-order chi connectivity index (χ0) is 29.8. The Balaban J connectivity index is 0. The van der Waals surface area contributed by atoms with Crippen molar-refractivity contribution in [1.29, 1.82) is 0 Å². The fourth-order valence-electron chi connectivity index (χ4n) is 4.23. The molecule has 2 aliphatic heterocycles. The van der Waals surface area contributed by atoms with E-state index in [1.165, 1.54) is 65.4 Å². The standard InChI is InChI=1S/C9H20N2.C8H18N2.C8H20N2.C6H15N/c1-9(2)8-11-6-4-10(3)5-7-11;1-8(2)10-6-4-9(3)5-7-10;1-8(2)10(5)7-6-9(3)4;1-6(2)5-7(3)4/h9H,4-8H2,1-3H3;8H,4-7H2,1-3H3;8H,6-7H2,1-5H3;6H,5H2,1-4H3. The summed E-state index contributed by atoms with van der Waals surface area (Å²) in [5.41, 5.74) is 0. The summed E-state index contributed by atoms with van der Waals surface area (Å²) in [4.78, 5) is 16.6. The van der Waals surface area contributed by atoms with Crippen molar-refractivity contribution < 1.29 is 0 Å². The van der Waals surface area contributed by atoms with Gasteiger partial charge in [0.2, 0.25) is 0 Å². The molecule has 2 rings (SSSR count). The molecule has 0 unspecified atom stereocenters. The van der Waals surface area contributed by atoms with Crippen molar-refractivity contribution in [3.8, 4) is 0 Å². The molecule has 0 amide bonds. The van der Waals surface area contributed by atoms with Gasteiger partial charge in [-0.1, -0.05) is 27.7 Å². The Morgan fingerprint density at radius 3 is 1.29 bits per heavy atom. The largest absolute Gasteiger partial charge is 0.309 e. The SMILES string of the molecule is CC(C)CN(C)C.CC(C)CN1CCN(C)CC1.CC(C)N(C)CCN(C)C.CC(C)N1CCN(C)CC1. The van der Waals surface area contributed by atoms with Crippen LogP contribution in [0, 0.1) is 11.8 Å². The van der Waals surface area contributed by atoms with Gasteiger partial charge in [-0.2, -0.15) is 0 Å². The van der Waals surface area contributed by atoms with E-state index in [4.69, 9.17) is 0 Å². The molecular weight excluding hydrogens is 470 g/mol. The highest BCUT2D eigenvalue weighted by atomic mass is 15.3. The minimum atomic E-state index is 0.667. The summed E-state index contributed by atoms with van der Waals surface area (Å²) < 4.78 is 0. The second-order valence-corrected chi connectivity index (χ2v) is 13.5. The van der Waals surface area contributed by atoms with Crippen LogP contribution in [0.25, 0.3) is 0 Å². The van der Waals surface area contributed by atoms with Gasteiger partial charge in [0.05, 0.1) is 0 Å². The van der Waals surface area contributed by atoms with Crippen molar-refractivity contribution in [2.24, 2.45) is 11.8 Å². The van der Waals surface area contributed by atoms with Crippen molar-refractivity contribution >= 4 is 0 Å². The van der Waals surface area contributed by atoms with Crippen LogP contribution in [0.4, 0.5) is 0 Å². The maximum Gasteiger partial charge on any atom is 0.0112 e. The number of rotatable bonds is 9. The summed E-state index contributed by atoms with van der Waals surface area (Å²) in [7, 11) is 15.0. The molecule has 0 spiro atoms. The van der Waals surface area contributed by atoms with Gasteiger partial charge in [0.25, 0.3) is 0 Å². The van der Waals surface area contributed by atoms with Crippen molar-refractivity contribution in [2.75, 3.05) is 128 Å². The van der Waals surface area contributed by atoms with E-state index in [1.54, 1.807) is 0 Å². The zero-order valence-electron chi connectivity index (χ0n) is 28.9. The van der Waals surface area contributed by atoms with Gasteiger partial charge in [0, 0.05) is 84.1 Å². The van der Waals surface area contributed by atoms with Gasteiger partial charge in [-0.15, -0.1) is 0 Å². The van der Waals surface area contributed by atoms with Gasteiger partial charge < -0.3 is 29.4 Å². The maximum absolute atomic E-state index is 2.56. The lowest BCUT2D eigenvalue weighted by Crippen LogP contribution is -2.47. The highest BCUT2D eigenvalue weighted by molar-refractivity contribution is 4.71. The monoisotopic (exact) mass is 544 g/mol. The molecule has 0 aromatic heterocycles. The van der Waals surface area contributed by atoms with Crippen molar-refractivity contribution in [3.05, 3.63) is 0 Å². The number of nitrogens with zero attached hydrogens (tertiary/aromatic N) is 7. The normalized spacial score (nSPS) is 18.2. The molecule has 0 bridgehead atoms. The molecule has 2 aliphatic rings. The molecule has 0 saturated carbocycles. The van der Waals surface area contributed by atoms with Gasteiger partial charge in [0.1, 0.15) is 0 Å². The Kier molecular flexibility index (Phi) is 24.6. The van der Waals surface area contributed by atoms with Gasteiger partial charge in [-0.25, -0.2) is 0 Å². The van der Waals surface area contributed by atoms with Crippen LogP contribution in [-0.2, 0) is 0 Å². The molecule has 2 saturated heterocycles. The minimum absolute atomic E-state index is 0.667. The van der Waals surface area contributed by atoms with Crippen molar-refractivity contribution in [3.63, 3.8) is 0 Å². The molecular formula is C31H73N7. The van der Waals surface area contributed by atoms with Crippen LogP contribution in [0.15, 0.2) is 0 Å². The Bertz CT molecular complexity index is 486. The molecule has 7 nitrogen and oxygen atoms in total. The van der Waals surface area contributed by atoms with Crippen molar-refractivity contribution in [1.82, 2.24) is 34.3 Å². The van der Waals surface area contributed by atoms with E-state index in [1.807, 2.05) is 0 Å². The molecule has 0 aliphatic carbocycles. The lowest BCUT2D eigenvalue weighted by atomic mass is 10.2. The second-order valence-electron chi connectivity index (χ2n) is 13.5. The summed E-state index contributed by atoms with van der Waals surface area (Å²) in [6, 6.07) is 1.40. The van der Waals surface area contributed by atoms with Gasteiger partial charge >= 0.3 is 0 Å². The molecule has 0 N–H and O–H groups in total. The summed E-state index contributed by atoms with van der Waals surface area (Å²) in [5, 5.41) is 0. The van der Waals surface area contributed by atoms with Crippen LogP contribution in [0.2, 0.25) is 0 Å². The first-order valence-electron chi connectivity index (χ1n) is 15.4. The quantitative estimate of drug-likeness (QED) is 0.438. The van der Waals surface area contributed by atoms with Crippen LogP contribution in [-0.4, -0.2) is 174 Å². The highest BCUT2D eigenvalue weighted by Crippen LogP contribution is 2.04. The van der Waals surface area contributed by atoms with E-state index in [0.29, 0.717) is 6.04 Å². The molecule has 0 atom stereocenters. The van der Waals surface area contributed by atoms with E-state index in [2.05, 4.69) is 139 Å². The minimum Gasteiger partial charge on any atom is -0.309 e. The Labute approximate surface area is 241 Å². The van der Waals surface area contributed by atoms with Crippen LogP contribution in [0.3, 0.4) is 0 Å². The first kappa shape index (κ1) is 39.9. The van der Waals surface area contributed by atoms with Crippen LogP contribution in [0.1, 0.15) is 55.4 Å². The third-order valence-electron chi connectivity index (χ3n) is 7.00. The number of hydrogen-bond donors (Lipinski definition) is 0. The van der Waals surface area contributed by atoms with E-state index in [0.717, 1.165) is 31.0 Å². The summed E-state index contributed by atoms with van der Waals surface area (Å²) in [6.45, 7) is 32.7. The van der Waals surface area contributed by atoms with Gasteiger partial charge in [-0.3, -0.25) is 4.90 Å². The fraction of sp³-hybridized carbons (Fsp3) is 1.00. The van der Waals surface area contributed by atoms with E-state index in [9.17, 15) is 0 Å². The number of hydrogen-bond acceptors (Lipinski definition) is 7. The topological polar surface area (TPSA) is 22.7 Å². The molecule has 0 aromatic carbocycles. The predicted molar refractivity (Wildman–Crippen MR) is 173 cm³/mol. The third-order valence-corrected chi connectivity index (χ3v) is 7.00. The first-order chi connectivity index (χ1) is 17.5. The maximum atomic E-state index is 2.56. The Morgan fingerprint density at radius 1 is 0.553 bits per heavy atom. The van der Waals surface area contributed by atoms with Crippen LogP contribution < -0.4 is 0 Å². The summed E-state index contributed by atoms with van der Waals surface area (Å²) in [6.07, 6.45) is 0. The molecule has 0 aromatic rings. The van der Waals surface area contributed by atoms with Gasteiger partial charge in [-0.05, 0) is 95.4 Å². The van der Waals surface area contributed by atoms with E-state index < -0.39 is 0 Å². The fourth-order valence-corrected chi connectivity index (χ4v) is 4.23. The molecule has 2 heterocycles. The smallest absolute Gasteiger partial charge is 0.0112 e. The van der Waals surface area contributed by atoms with Crippen LogP contribution >= 0.6 is 0 Å². The predicted octanol–water partition coefficient (Wildman–Crippen LogP) is 3.62. The number of likely N-dealkylation sites (N-methyl/N-ethyl adjacent to an activating group) is 4. The molecule has 7 heteroatoms. The molecule has 0 radical (unpaired) electrons. The average molecular weight is 544 g/mol. The Hall–Kier alpha value is -0.280. The lowest BCUT2D eigenvalue weighted by Gasteiger charge is -2.34. The third kappa shape index (κ3) is 26.0. The average Bonchev–Trinajstić information content (AvgIpc) is 2.79. The Morgan fingerprint density at radius 2 is 1.00 bits per heavy atom. The zero-order valence-corrected chi connectivity index (χ0v) is 28.9. The first-order valence-corrected chi connectivity index (χ1v) is 15.4. The van der Waals surface area contributed by atoms with Crippen LogP contribution in [0.5, 0.6) is 0 Å². The number of piperazine rings is 2.